The van der Waals surface area contributed by atoms with Gasteiger partial charge in [-0.25, -0.2) is 4.98 Å². The lowest BCUT2D eigenvalue weighted by Crippen LogP contribution is -2.26. The molecule has 1 atom stereocenters. The van der Waals surface area contributed by atoms with Crippen LogP contribution in [-0.4, -0.2) is 17.6 Å². The van der Waals surface area contributed by atoms with Gasteiger partial charge in [0.15, 0.2) is 0 Å². The molecule has 0 amide bonds. The summed E-state index contributed by atoms with van der Waals surface area (Å²) in [4.78, 5) is 4.52. The minimum atomic E-state index is 0.110. The summed E-state index contributed by atoms with van der Waals surface area (Å²) in [6.45, 7) is 4.75. The topological polar surface area (TPSA) is 48.1 Å². The molecule has 17 heavy (non-hydrogen) atoms. The fourth-order valence-electron chi connectivity index (χ4n) is 1.51. The van der Waals surface area contributed by atoms with Crippen molar-refractivity contribution in [3.63, 3.8) is 0 Å². The molecule has 0 bridgehead atoms. The number of fused-ring (bicyclic) bond motifs is 1. The largest absolute Gasteiger partial charge is 0.492 e. The summed E-state index contributed by atoms with van der Waals surface area (Å²) in [6, 6.07) is 6.13. The van der Waals surface area contributed by atoms with Crippen LogP contribution in [0.25, 0.3) is 10.2 Å². The van der Waals surface area contributed by atoms with E-state index >= 15 is 0 Å². The average Bonchev–Trinajstić information content (AvgIpc) is 2.77. The van der Waals surface area contributed by atoms with Gasteiger partial charge in [-0.15, -0.1) is 11.3 Å². The number of rotatable bonds is 5. The van der Waals surface area contributed by atoms with Crippen molar-refractivity contribution >= 4 is 21.6 Å². The summed E-state index contributed by atoms with van der Waals surface area (Å²) in [5.74, 6) is 0.882. The third-order valence-corrected chi connectivity index (χ3v) is 3.86. The van der Waals surface area contributed by atoms with Crippen LogP contribution in [-0.2, 0) is 6.42 Å². The number of benzene rings is 1. The minimum absolute atomic E-state index is 0.110. The van der Waals surface area contributed by atoms with Crippen molar-refractivity contribution < 1.29 is 4.74 Å². The molecular formula is C13H18N2OS. The van der Waals surface area contributed by atoms with Crippen LogP contribution >= 0.6 is 11.3 Å². The van der Waals surface area contributed by atoms with Crippen LogP contribution in [0.15, 0.2) is 18.2 Å². The maximum absolute atomic E-state index is 5.82. The first kappa shape index (κ1) is 12.3. The second kappa shape index (κ2) is 5.47. The number of aromatic nitrogens is 1. The van der Waals surface area contributed by atoms with Gasteiger partial charge in [-0.05, 0) is 31.0 Å². The molecule has 1 heterocycles. The van der Waals surface area contributed by atoms with Gasteiger partial charge < -0.3 is 10.5 Å². The highest BCUT2D eigenvalue weighted by Gasteiger charge is 2.05. The van der Waals surface area contributed by atoms with E-state index in [2.05, 4.69) is 24.9 Å². The molecule has 0 aliphatic rings. The van der Waals surface area contributed by atoms with Crippen LogP contribution in [0.4, 0.5) is 0 Å². The number of ether oxygens (including phenoxy) is 1. The van der Waals surface area contributed by atoms with Crippen molar-refractivity contribution in [2.24, 2.45) is 5.73 Å². The molecule has 0 aliphatic heterocycles. The van der Waals surface area contributed by atoms with Gasteiger partial charge in [0.1, 0.15) is 12.4 Å². The lowest BCUT2D eigenvalue weighted by molar-refractivity contribution is 0.286. The number of hydrogen-bond acceptors (Lipinski definition) is 4. The SMILES string of the molecule is CCc1nc2ccc(OCC(N)CC)cc2s1. The van der Waals surface area contributed by atoms with Crippen molar-refractivity contribution in [2.45, 2.75) is 32.7 Å². The highest BCUT2D eigenvalue weighted by atomic mass is 32.1. The van der Waals surface area contributed by atoms with Gasteiger partial charge in [0.05, 0.1) is 15.2 Å². The lowest BCUT2D eigenvalue weighted by Gasteiger charge is -2.10. The van der Waals surface area contributed by atoms with Crippen LogP contribution in [0.3, 0.4) is 0 Å². The first-order valence-electron chi connectivity index (χ1n) is 6.00. The number of hydrogen-bond donors (Lipinski definition) is 1. The van der Waals surface area contributed by atoms with Crippen molar-refractivity contribution in [3.05, 3.63) is 23.2 Å². The van der Waals surface area contributed by atoms with E-state index in [9.17, 15) is 0 Å². The second-order valence-corrected chi connectivity index (χ2v) is 5.19. The fourth-order valence-corrected chi connectivity index (χ4v) is 2.45. The fraction of sp³-hybridized carbons (Fsp3) is 0.462. The first-order valence-corrected chi connectivity index (χ1v) is 6.82. The van der Waals surface area contributed by atoms with Gasteiger partial charge in [-0.3, -0.25) is 0 Å². The number of thiazole rings is 1. The van der Waals surface area contributed by atoms with Crippen LogP contribution in [0.1, 0.15) is 25.3 Å². The zero-order valence-electron chi connectivity index (χ0n) is 10.3. The van der Waals surface area contributed by atoms with E-state index in [0.717, 1.165) is 24.1 Å². The summed E-state index contributed by atoms with van der Waals surface area (Å²) >= 11 is 1.73. The number of nitrogens with two attached hydrogens (primary N) is 1. The summed E-state index contributed by atoms with van der Waals surface area (Å²) in [5, 5.41) is 1.17. The van der Waals surface area contributed by atoms with Crippen LogP contribution < -0.4 is 10.5 Å². The molecule has 1 aromatic carbocycles. The van der Waals surface area contributed by atoms with Crippen LogP contribution in [0.5, 0.6) is 5.75 Å². The van der Waals surface area contributed by atoms with Crippen LogP contribution in [0, 0.1) is 0 Å². The molecule has 0 saturated heterocycles. The molecule has 3 nitrogen and oxygen atoms in total. The highest BCUT2D eigenvalue weighted by Crippen LogP contribution is 2.26. The summed E-state index contributed by atoms with van der Waals surface area (Å²) in [7, 11) is 0. The Kier molecular flexibility index (Phi) is 3.97. The van der Waals surface area contributed by atoms with Gasteiger partial charge in [0.2, 0.25) is 0 Å². The Hall–Kier alpha value is -1.13. The van der Waals surface area contributed by atoms with Crippen molar-refractivity contribution in [1.29, 1.82) is 0 Å². The lowest BCUT2D eigenvalue weighted by atomic mass is 10.2. The molecule has 92 valence electrons. The molecule has 1 aromatic heterocycles. The standard InChI is InChI=1S/C13H18N2OS/c1-3-9(14)8-16-10-5-6-11-12(7-10)17-13(4-2)15-11/h5-7,9H,3-4,8,14H2,1-2H3. The third kappa shape index (κ3) is 2.96. The Morgan fingerprint density at radius 3 is 2.94 bits per heavy atom. The molecule has 0 saturated carbocycles. The molecule has 0 radical (unpaired) electrons. The summed E-state index contributed by atoms with van der Waals surface area (Å²) < 4.78 is 6.85. The van der Waals surface area contributed by atoms with E-state index in [1.807, 2.05) is 12.1 Å². The third-order valence-electron chi connectivity index (χ3n) is 2.70. The zero-order valence-corrected chi connectivity index (χ0v) is 11.1. The summed E-state index contributed by atoms with van der Waals surface area (Å²) in [6.07, 6.45) is 1.92. The Labute approximate surface area is 106 Å². The average molecular weight is 250 g/mol. The van der Waals surface area contributed by atoms with Crippen molar-refractivity contribution in [1.82, 2.24) is 4.98 Å². The van der Waals surface area contributed by atoms with Gasteiger partial charge in [-0.2, -0.15) is 0 Å². The van der Waals surface area contributed by atoms with Crippen molar-refractivity contribution in [3.8, 4) is 5.75 Å². The van der Waals surface area contributed by atoms with E-state index < -0.39 is 0 Å². The molecule has 1 unspecified atom stereocenters. The minimum Gasteiger partial charge on any atom is -0.492 e. The van der Waals surface area contributed by atoms with Gasteiger partial charge in [-0.1, -0.05) is 13.8 Å². The van der Waals surface area contributed by atoms with Gasteiger partial charge in [0.25, 0.3) is 0 Å². The quantitative estimate of drug-likeness (QED) is 0.887. The van der Waals surface area contributed by atoms with Gasteiger partial charge in [0, 0.05) is 6.04 Å². The van der Waals surface area contributed by atoms with E-state index in [0.29, 0.717) is 6.61 Å². The summed E-state index contributed by atoms with van der Waals surface area (Å²) in [5.41, 5.74) is 6.88. The molecule has 4 heteroatoms. The number of nitrogens with zero attached hydrogens (tertiary/aromatic N) is 1. The highest BCUT2D eigenvalue weighted by molar-refractivity contribution is 7.18. The molecule has 0 aliphatic carbocycles. The molecule has 0 spiro atoms. The molecule has 2 rings (SSSR count). The zero-order chi connectivity index (χ0) is 12.3. The molecule has 2 aromatic rings. The van der Waals surface area contributed by atoms with E-state index in [1.165, 1.54) is 9.71 Å². The number of aryl methyl sites for hydroxylation is 1. The second-order valence-electron chi connectivity index (χ2n) is 4.07. The normalized spacial score (nSPS) is 12.9. The van der Waals surface area contributed by atoms with E-state index in [1.54, 1.807) is 11.3 Å². The molecule has 0 fully saturated rings. The predicted molar refractivity (Wildman–Crippen MR) is 72.8 cm³/mol. The predicted octanol–water partition coefficient (Wildman–Crippen LogP) is 2.97. The molecule has 2 N–H and O–H groups in total. The Morgan fingerprint density at radius 2 is 2.24 bits per heavy atom. The monoisotopic (exact) mass is 250 g/mol. The molecular weight excluding hydrogens is 232 g/mol. The smallest absolute Gasteiger partial charge is 0.120 e. The maximum atomic E-state index is 5.82. The Bertz CT molecular complexity index is 495. The first-order chi connectivity index (χ1) is 8.22. The van der Waals surface area contributed by atoms with E-state index in [4.69, 9.17) is 10.5 Å². The van der Waals surface area contributed by atoms with Gasteiger partial charge >= 0.3 is 0 Å². The maximum Gasteiger partial charge on any atom is 0.120 e. The Morgan fingerprint density at radius 1 is 1.41 bits per heavy atom. The van der Waals surface area contributed by atoms with Crippen molar-refractivity contribution in [2.75, 3.05) is 6.61 Å². The van der Waals surface area contributed by atoms with Crippen LogP contribution in [0.2, 0.25) is 0 Å². The Balaban J connectivity index is 2.13. The van der Waals surface area contributed by atoms with E-state index in [-0.39, 0.29) is 6.04 Å².